The van der Waals surface area contributed by atoms with Gasteiger partial charge in [0.2, 0.25) is 0 Å². The maximum Gasteiger partial charge on any atom is 0.416 e. The lowest BCUT2D eigenvalue weighted by atomic mass is 9.85. The molecule has 0 spiro atoms. The first kappa shape index (κ1) is 24.9. The van der Waals surface area contributed by atoms with Crippen molar-refractivity contribution in [3.8, 4) is 0 Å². The fourth-order valence-corrected chi connectivity index (χ4v) is 4.96. The number of rotatable bonds is 2. The van der Waals surface area contributed by atoms with E-state index in [4.69, 9.17) is 0 Å². The minimum absolute atomic E-state index is 0.136. The summed E-state index contributed by atoms with van der Waals surface area (Å²) in [6.07, 6.45) is -6.76. The fraction of sp³-hybridized carbons (Fsp3) is 0.259. The van der Waals surface area contributed by atoms with Gasteiger partial charge in [-0.2, -0.15) is 31.4 Å². The third-order valence-electron chi connectivity index (χ3n) is 6.72. The van der Waals surface area contributed by atoms with Gasteiger partial charge in [-0.25, -0.2) is 9.80 Å². The van der Waals surface area contributed by atoms with Gasteiger partial charge in [-0.15, -0.1) is 0 Å². The Bertz CT molecular complexity index is 1330. The fourth-order valence-electron chi connectivity index (χ4n) is 4.96. The summed E-state index contributed by atoms with van der Waals surface area (Å²) in [5.74, 6) is -0.265. The van der Waals surface area contributed by atoms with Crippen molar-refractivity contribution in [3.63, 3.8) is 0 Å². The zero-order chi connectivity index (χ0) is 26.4. The van der Waals surface area contributed by atoms with Crippen LogP contribution < -0.4 is 5.32 Å². The number of aryl methyl sites for hydroxylation is 1. The van der Waals surface area contributed by atoms with Gasteiger partial charge in [0, 0.05) is 17.2 Å². The van der Waals surface area contributed by atoms with E-state index >= 15 is 0 Å². The van der Waals surface area contributed by atoms with Crippen molar-refractivity contribution >= 4 is 17.4 Å². The maximum absolute atomic E-state index is 13.4. The van der Waals surface area contributed by atoms with Crippen LogP contribution in [0.25, 0.3) is 0 Å². The van der Waals surface area contributed by atoms with Crippen LogP contribution in [-0.2, 0) is 18.8 Å². The van der Waals surface area contributed by atoms with E-state index in [1.54, 1.807) is 0 Å². The van der Waals surface area contributed by atoms with Gasteiger partial charge < -0.3 is 5.32 Å². The molecule has 3 aromatic carbocycles. The first-order valence-corrected chi connectivity index (χ1v) is 11.6. The molecule has 0 bridgehead atoms. The number of nitrogens with zero attached hydrogens (tertiary/aromatic N) is 2. The molecule has 0 radical (unpaired) electrons. The predicted octanol–water partition coefficient (Wildman–Crippen LogP) is 7.67. The largest absolute Gasteiger partial charge is 0.416 e. The molecule has 2 atom stereocenters. The lowest BCUT2D eigenvalue weighted by Crippen LogP contribution is -2.34. The Morgan fingerprint density at radius 1 is 0.838 bits per heavy atom. The minimum atomic E-state index is -4.52. The number of carbonyl (C=O) groups is 1. The van der Waals surface area contributed by atoms with Gasteiger partial charge in [0.05, 0.1) is 22.9 Å². The molecule has 1 aliphatic carbocycles. The molecule has 1 aliphatic heterocycles. The topological polar surface area (TPSA) is 44.7 Å². The van der Waals surface area contributed by atoms with Crippen LogP contribution in [0.1, 0.15) is 46.7 Å². The number of alkyl halides is 6. The molecule has 1 N–H and O–H groups in total. The summed E-state index contributed by atoms with van der Waals surface area (Å²) < 4.78 is 78.2. The van der Waals surface area contributed by atoms with E-state index < -0.39 is 35.6 Å². The Kier molecular flexibility index (Phi) is 6.21. The monoisotopic (exact) mass is 517 g/mol. The van der Waals surface area contributed by atoms with Crippen molar-refractivity contribution in [3.05, 3.63) is 101 Å². The number of nitrogens with one attached hydrogen (secondary N) is 1. The molecule has 10 heteroatoms. The molecule has 4 nitrogen and oxygen atoms in total. The second-order valence-corrected chi connectivity index (χ2v) is 9.06. The highest BCUT2D eigenvalue weighted by Gasteiger charge is 2.43. The van der Waals surface area contributed by atoms with Crippen molar-refractivity contribution in [2.24, 2.45) is 11.0 Å². The van der Waals surface area contributed by atoms with Crippen molar-refractivity contribution in [2.45, 2.75) is 37.7 Å². The van der Waals surface area contributed by atoms with Crippen LogP contribution in [0.2, 0.25) is 0 Å². The standard InChI is InChI=1S/C27H21F6N3O/c28-26(29,30)18-10-8-17(9-11-18)24-22-7-3-5-16-4-1-2-6-21(16)23(22)35-36(24)25(37)34-20-14-12-19(13-15-20)27(31,32)33/h1-2,4,6,8-15,22,24H,3,5,7H2,(H,34,37)/t22-,24+/m0/s1. The van der Waals surface area contributed by atoms with Crippen molar-refractivity contribution in [2.75, 3.05) is 5.32 Å². The summed E-state index contributed by atoms with van der Waals surface area (Å²) in [5, 5.41) is 8.41. The van der Waals surface area contributed by atoms with Crippen molar-refractivity contribution in [1.82, 2.24) is 5.01 Å². The number of amides is 2. The molecule has 0 saturated carbocycles. The zero-order valence-electron chi connectivity index (χ0n) is 19.3. The highest BCUT2D eigenvalue weighted by molar-refractivity contribution is 6.07. The number of urea groups is 1. The Balaban J connectivity index is 1.51. The van der Waals surface area contributed by atoms with Gasteiger partial charge in [0.15, 0.2) is 0 Å². The van der Waals surface area contributed by atoms with Gasteiger partial charge in [-0.1, -0.05) is 36.4 Å². The first-order chi connectivity index (χ1) is 17.5. The predicted molar refractivity (Wildman–Crippen MR) is 126 cm³/mol. The molecule has 37 heavy (non-hydrogen) atoms. The highest BCUT2D eigenvalue weighted by atomic mass is 19.4. The van der Waals surface area contributed by atoms with Gasteiger partial charge in [0.25, 0.3) is 0 Å². The van der Waals surface area contributed by atoms with E-state index in [1.165, 1.54) is 17.1 Å². The van der Waals surface area contributed by atoms with Gasteiger partial charge in [-0.05, 0) is 66.8 Å². The molecule has 0 unspecified atom stereocenters. The van der Waals surface area contributed by atoms with E-state index in [0.717, 1.165) is 60.4 Å². The van der Waals surface area contributed by atoms with E-state index in [2.05, 4.69) is 10.4 Å². The molecule has 0 fully saturated rings. The number of hydrogen-bond acceptors (Lipinski definition) is 2. The summed E-state index contributed by atoms with van der Waals surface area (Å²) in [6, 6.07) is 15.0. The third-order valence-corrected chi connectivity index (χ3v) is 6.72. The normalized spacial score (nSPS) is 19.5. The summed E-state index contributed by atoms with van der Waals surface area (Å²) in [5.41, 5.74) is 1.58. The van der Waals surface area contributed by atoms with Gasteiger partial charge >= 0.3 is 18.4 Å². The molecule has 0 aromatic heterocycles. The van der Waals surface area contributed by atoms with E-state index in [0.29, 0.717) is 17.7 Å². The van der Waals surface area contributed by atoms with Crippen LogP contribution in [0.15, 0.2) is 77.9 Å². The summed E-state index contributed by atoms with van der Waals surface area (Å²) in [4.78, 5) is 13.4. The summed E-state index contributed by atoms with van der Waals surface area (Å²) in [6.45, 7) is 0. The van der Waals surface area contributed by atoms with Crippen LogP contribution in [0.3, 0.4) is 0 Å². The number of carbonyl (C=O) groups excluding carboxylic acids is 1. The van der Waals surface area contributed by atoms with Crippen LogP contribution >= 0.6 is 0 Å². The zero-order valence-corrected chi connectivity index (χ0v) is 19.3. The minimum Gasteiger partial charge on any atom is -0.306 e. The number of halogens is 6. The van der Waals surface area contributed by atoms with Gasteiger partial charge in [0.1, 0.15) is 0 Å². The average Bonchev–Trinajstić information content (AvgIpc) is 3.13. The summed E-state index contributed by atoms with van der Waals surface area (Å²) >= 11 is 0. The van der Waals surface area contributed by atoms with E-state index in [-0.39, 0.29) is 11.6 Å². The van der Waals surface area contributed by atoms with Crippen LogP contribution in [0.5, 0.6) is 0 Å². The molecule has 0 saturated heterocycles. The van der Waals surface area contributed by atoms with Crippen molar-refractivity contribution in [1.29, 1.82) is 0 Å². The Hall–Kier alpha value is -3.82. The molecular weight excluding hydrogens is 496 g/mol. The second-order valence-electron chi connectivity index (χ2n) is 9.06. The summed E-state index contributed by atoms with van der Waals surface area (Å²) in [7, 11) is 0. The number of hydrazone groups is 1. The smallest absolute Gasteiger partial charge is 0.306 e. The molecule has 1 heterocycles. The molecule has 5 rings (SSSR count). The average molecular weight is 517 g/mol. The second kappa shape index (κ2) is 9.24. The van der Waals surface area contributed by atoms with E-state index in [1.807, 2.05) is 24.3 Å². The van der Waals surface area contributed by atoms with Crippen LogP contribution in [0, 0.1) is 5.92 Å². The number of benzene rings is 3. The molecule has 192 valence electrons. The maximum atomic E-state index is 13.4. The Morgan fingerprint density at radius 2 is 1.43 bits per heavy atom. The third kappa shape index (κ3) is 4.92. The Morgan fingerprint density at radius 3 is 2.05 bits per heavy atom. The number of fused-ring (bicyclic) bond motifs is 3. The van der Waals surface area contributed by atoms with Gasteiger partial charge in [-0.3, -0.25) is 0 Å². The van der Waals surface area contributed by atoms with Crippen molar-refractivity contribution < 1.29 is 31.1 Å². The molecule has 2 aliphatic rings. The first-order valence-electron chi connectivity index (χ1n) is 11.6. The molecular formula is C27H21F6N3O. The number of hydrogen-bond donors (Lipinski definition) is 1. The molecule has 2 amide bonds. The Labute approximate surface area is 208 Å². The quantitative estimate of drug-likeness (QED) is 0.349. The lowest BCUT2D eigenvalue weighted by molar-refractivity contribution is -0.138. The van der Waals surface area contributed by atoms with Crippen LogP contribution in [0.4, 0.5) is 36.8 Å². The molecule has 3 aromatic rings. The number of anilines is 1. The van der Waals surface area contributed by atoms with E-state index in [9.17, 15) is 31.1 Å². The lowest BCUT2D eigenvalue weighted by Gasteiger charge is -2.27. The highest BCUT2D eigenvalue weighted by Crippen LogP contribution is 2.43. The SMILES string of the molecule is O=C(Nc1ccc(C(F)(F)F)cc1)N1N=C2c3ccccc3CCC[C@@H]2[C@H]1c1ccc(C(F)(F)F)cc1. The van der Waals surface area contributed by atoms with Crippen LogP contribution in [-0.4, -0.2) is 16.8 Å².